The van der Waals surface area contributed by atoms with Crippen LogP contribution in [0.5, 0.6) is 11.5 Å². The normalized spacial score (nSPS) is 13.3. The fourth-order valence-corrected chi connectivity index (χ4v) is 5.18. The summed E-state index contributed by atoms with van der Waals surface area (Å²) in [7, 11) is -3.60. The molecule has 2 aromatic carbocycles. The summed E-state index contributed by atoms with van der Waals surface area (Å²) in [5.41, 5.74) is 1.31. The average molecular weight is 568 g/mol. The van der Waals surface area contributed by atoms with Gasteiger partial charge in [0.2, 0.25) is 28.6 Å². The molecule has 190 valence electrons. The first-order valence-electron chi connectivity index (χ1n) is 11.3. The van der Waals surface area contributed by atoms with Crippen LogP contribution in [0.4, 0.5) is 5.69 Å². The molecule has 35 heavy (non-hydrogen) atoms. The fourth-order valence-electron chi connectivity index (χ4n) is 3.78. The smallest absolute Gasteiger partial charge is 0.242 e. The van der Waals surface area contributed by atoms with Crippen LogP contribution in [0.3, 0.4) is 0 Å². The zero-order valence-corrected chi connectivity index (χ0v) is 22.4. The third-order valence-corrected chi connectivity index (χ3v) is 7.24. The Hall–Kier alpha value is -2.79. The van der Waals surface area contributed by atoms with Gasteiger partial charge in [-0.3, -0.25) is 13.9 Å². The van der Waals surface area contributed by atoms with Crippen LogP contribution in [0.2, 0.25) is 0 Å². The first kappa shape index (κ1) is 26.8. The van der Waals surface area contributed by atoms with Crippen molar-refractivity contribution in [1.29, 1.82) is 0 Å². The van der Waals surface area contributed by atoms with Crippen LogP contribution < -0.4 is 19.1 Å². The number of amides is 2. The van der Waals surface area contributed by atoms with Gasteiger partial charge in [-0.25, -0.2) is 8.42 Å². The number of carbonyl (C=O) groups is 2. The monoisotopic (exact) mass is 567 g/mol. The van der Waals surface area contributed by atoms with Crippen molar-refractivity contribution in [2.45, 2.75) is 39.3 Å². The standard InChI is InChI=1S/C24H30BrN3O6S/c1-4-26-24(30)17(2)27(15-18-7-5-8-19(25)13-18)23(29)9-6-12-28(35(3,31)32)20-10-11-21-22(14-20)34-16-33-21/h5,7-8,10-11,13-14,17H,4,6,9,12,15-16H2,1-3H3,(H,26,30)/t17-/m1/s1. The second kappa shape index (κ2) is 11.8. The number of likely N-dealkylation sites (N-methyl/N-ethyl adjacent to an activating group) is 1. The van der Waals surface area contributed by atoms with E-state index in [4.69, 9.17) is 9.47 Å². The zero-order chi connectivity index (χ0) is 25.6. The number of hydrogen-bond donors (Lipinski definition) is 1. The number of fused-ring (bicyclic) bond motifs is 1. The van der Waals surface area contributed by atoms with E-state index >= 15 is 0 Å². The van der Waals surface area contributed by atoms with Crippen molar-refractivity contribution in [3.05, 3.63) is 52.5 Å². The van der Waals surface area contributed by atoms with Crippen LogP contribution in [-0.4, -0.2) is 57.3 Å². The van der Waals surface area contributed by atoms with Crippen molar-refractivity contribution >= 4 is 43.5 Å². The Morgan fingerprint density at radius 2 is 1.89 bits per heavy atom. The Morgan fingerprint density at radius 3 is 2.57 bits per heavy atom. The lowest BCUT2D eigenvalue weighted by Crippen LogP contribution is -2.47. The number of benzene rings is 2. The van der Waals surface area contributed by atoms with E-state index in [0.29, 0.717) is 23.7 Å². The van der Waals surface area contributed by atoms with Gasteiger partial charge in [-0.15, -0.1) is 0 Å². The molecule has 0 saturated carbocycles. The lowest BCUT2D eigenvalue weighted by molar-refractivity contribution is -0.140. The minimum absolute atomic E-state index is 0.0777. The van der Waals surface area contributed by atoms with Crippen molar-refractivity contribution in [2.24, 2.45) is 0 Å². The Labute approximate surface area is 214 Å². The maximum atomic E-state index is 13.2. The second-order valence-electron chi connectivity index (χ2n) is 8.20. The van der Waals surface area contributed by atoms with Crippen LogP contribution in [0, 0.1) is 0 Å². The lowest BCUT2D eigenvalue weighted by atomic mass is 10.1. The number of carbonyl (C=O) groups excluding carboxylic acids is 2. The highest BCUT2D eigenvalue weighted by Crippen LogP contribution is 2.36. The highest BCUT2D eigenvalue weighted by molar-refractivity contribution is 9.10. The highest BCUT2D eigenvalue weighted by Gasteiger charge is 2.27. The molecule has 3 rings (SSSR count). The van der Waals surface area contributed by atoms with Crippen molar-refractivity contribution in [1.82, 2.24) is 10.2 Å². The van der Waals surface area contributed by atoms with E-state index in [1.807, 2.05) is 31.2 Å². The number of nitrogens with one attached hydrogen (secondary N) is 1. The van der Waals surface area contributed by atoms with E-state index in [1.54, 1.807) is 25.1 Å². The van der Waals surface area contributed by atoms with Crippen molar-refractivity contribution in [3.63, 3.8) is 0 Å². The van der Waals surface area contributed by atoms with E-state index in [1.165, 1.54) is 9.21 Å². The summed E-state index contributed by atoms with van der Waals surface area (Å²) in [5.74, 6) is 0.555. The molecule has 0 bridgehead atoms. The van der Waals surface area contributed by atoms with Crippen LogP contribution in [-0.2, 0) is 26.2 Å². The lowest BCUT2D eigenvalue weighted by Gasteiger charge is -2.29. The maximum Gasteiger partial charge on any atom is 0.242 e. The molecular weight excluding hydrogens is 538 g/mol. The molecule has 0 saturated heterocycles. The Morgan fingerprint density at radius 1 is 1.14 bits per heavy atom. The van der Waals surface area contributed by atoms with Gasteiger partial charge in [-0.1, -0.05) is 28.1 Å². The van der Waals surface area contributed by atoms with Crippen LogP contribution in [0.1, 0.15) is 32.3 Å². The number of ether oxygens (including phenoxy) is 2. The molecule has 1 heterocycles. The molecule has 0 radical (unpaired) electrons. The van der Waals surface area contributed by atoms with Gasteiger partial charge >= 0.3 is 0 Å². The molecule has 1 aliphatic heterocycles. The summed E-state index contributed by atoms with van der Waals surface area (Å²) in [4.78, 5) is 27.3. The molecule has 1 aliphatic rings. The summed E-state index contributed by atoms with van der Waals surface area (Å²) in [6.45, 7) is 4.42. The van der Waals surface area contributed by atoms with E-state index in [9.17, 15) is 18.0 Å². The van der Waals surface area contributed by atoms with Gasteiger partial charge in [0, 0.05) is 36.6 Å². The Bertz CT molecular complexity index is 1170. The Kier molecular flexibility index (Phi) is 9.01. The summed E-state index contributed by atoms with van der Waals surface area (Å²) in [6.07, 6.45) is 1.47. The highest BCUT2D eigenvalue weighted by atomic mass is 79.9. The first-order valence-corrected chi connectivity index (χ1v) is 13.9. The third-order valence-electron chi connectivity index (χ3n) is 5.56. The van der Waals surface area contributed by atoms with E-state index in [2.05, 4.69) is 21.2 Å². The van der Waals surface area contributed by atoms with Gasteiger partial charge in [-0.2, -0.15) is 0 Å². The van der Waals surface area contributed by atoms with Crippen molar-refractivity contribution < 1.29 is 27.5 Å². The minimum Gasteiger partial charge on any atom is -0.454 e. The second-order valence-corrected chi connectivity index (χ2v) is 11.0. The van der Waals surface area contributed by atoms with E-state index < -0.39 is 16.1 Å². The van der Waals surface area contributed by atoms with Crippen LogP contribution in [0.15, 0.2) is 46.9 Å². The van der Waals surface area contributed by atoms with Gasteiger partial charge in [0.25, 0.3) is 0 Å². The summed E-state index contributed by atoms with van der Waals surface area (Å²) < 4.78 is 37.8. The number of anilines is 1. The molecule has 1 atom stereocenters. The van der Waals surface area contributed by atoms with E-state index in [0.717, 1.165) is 16.3 Å². The molecule has 0 fully saturated rings. The number of hydrogen-bond acceptors (Lipinski definition) is 6. The van der Waals surface area contributed by atoms with Gasteiger partial charge in [0.15, 0.2) is 11.5 Å². The summed E-state index contributed by atoms with van der Waals surface area (Å²) in [6, 6.07) is 11.8. The number of sulfonamides is 1. The molecule has 0 unspecified atom stereocenters. The third kappa shape index (κ3) is 7.11. The maximum absolute atomic E-state index is 13.2. The molecule has 1 N–H and O–H groups in total. The fraction of sp³-hybridized carbons (Fsp3) is 0.417. The van der Waals surface area contributed by atoms with Gasteiger partial charge in [0.1, 0.15) is 6.04 Å². The molecule has 0 aliphatic carbocycles. The molecule has 2 aromatic rings. The first-order chi connectivity index (χ1) is 16.6. The number of rotatable bonds is 11. The number of halogens is 1. The molecule has 9 nitrogen and oxygen atoms in total. The molecular formula is C24H30BrN3O6S. The van der Waals surface area contributed by atoms with Gasteiger partial charge in [0.05, 0.1) is 11.9 Å². The summed E-state index contributed by atoms with van der Waals surface area (Å²) >= 11 is 3.44. The van der Waals surface area contributed by atoms with Crippen LogP contribution in [0.25, 0.3) is 0 Å². The van der Waals surface area contributed by atoms with Crippen LogP contribution >= 0.6 is 15.9 Å². The van der Waals surface area contributed by atoms with Crippen molar-refractivity contribution in [3.8, 4) is 11.5 Å². The molecule has 0 aromatic heterocycles. The van der Waals surface area contributed by atoms with Crippen molar-refractivity contribution in [2.75, 3.05) is 30.4 Å². The Balaban J connectivity index is 1.72. The predicted molar refractivity (Wildman–Crippen MR) is 137 cm³/mol. The molecule has 0 spiro atoms. The SMILES string of the molecule is CCNC(=O)[C@@H](C)N(Cc1cccc(Br)c1)C(=O)CCCN(c1ccc2c(c1)OCO2)S(C)(=O)=O. The topological polar surface area (TPSA) is 105 Å². The predicted octanol–water partition coefficient (Wildman–Crippen LogP) is 3.28. The quantitative estimate of drug-likeness (QED) is 0.446. The summed E-state index contributed by atoms with van der Waals surface area (Å²) in [5, 5.41) is 2.76. The van der Waals surface area contributed by atoms with Gasteiger partial charge in [-0.05, 0) is 50.1 Å². The largest absolute Gasteiger partial charge is 0.454 e. The minimum atomic E-state index is -3.60. The van der Waals surface area contributed by atoms with E-state index in [-0.39, 0.29) is 44.5 Å². The molecule has 11 heteroatoms. The average Bonchev–Trinajstić information content (AvgIpc) is 3.27. The number of nitrogens with zero attached hydrogens (tertiary/aromatic N) is 2. The molecule has 2 amide bonds. The zero-order valence-electron chi connectivity index (χ0n) is 20.0. The van der Waals surface area contributed by atoms with Gasteiger partial charge < -0.3 is 19.7 Å².